The standard InChI is InChI=1S/C15H15ClN2O4/c1-8-14(9(2)22-18-8)15(21)17-12(7-13(19)20)10-3-5-11(16)6-4-10/h3-6,12H,7H2,1-2H3,(H,17,21)(H,19,20). The van der Waals surface area contributed by atoms with E-state index < -0.39 is 17.9 Å². The zero-order valence-electron chi connectivity index (χ0n) is 12.1. The SMILES string of the molecule is Cc1noc(C)c1C(=O)NC(CC(=O)O)c1ccc(Cl)cc1. The third kappa shape index (κ3) is 3.65. The Kier molecular flexibility index (Phi) is 4.82. The van der Waals surface area contributed by atoms with Gasteiger partial charge in [0.2, 0.25) is 0 Å². The molecule has 1 atom stereocenters. The van der Waals surface area contributed by atoms with Crippen molar-refractivity contribution in [3.05, 3.63) is 51.9 Å². The first-order valence-corrected chi connectivity index (χ1v) is 6.97. The van der Waals surface area contributed by atoms with Crippen molar-refractivity contribution < 1.29 is 19.2 Å². The van der Waals surface area contributed by atoms with Gasteiger partial charge in [0, 0.05) is 5.02 Å². The average molecular weight is 323 g/mol. The minimum atomic E-state index is -1.01. The Labute approximate surface area is 132 Å². The summed E-state index contributed by atoms with van der Waals surface area (Å²) in [5.74, 6) is -1.04. The van der Waals surface area contributed by atoms with Gasteiger partial charge in [0.1, 0.15) is 11.3 Å². The minimum absolute atomic E-state index is 0.239. The van der Waals surface area contributed by atoms with Crippen molar-refractivity contribution in [2.24, 2.45) is 0 Å². The van der Waals surface area contributed by atoms with Crippen molar-refractivity contribution in [2.45, 2.75) is 26.3 Å². The highest BCUT2D eigenvalue weighted by Gasteiger charge is 2.23. The number of rotatable bonds is 5. The van der Waals surface area contributed by atoms with Crippen LogP contribution >= 0.6 is 11.6 Å². The number of hydrogen-bond acceptors (Lipinski definition) is 4. The van der Waals surface area contributed by atoms with Crippen molar-refractivity contribution in [1.82, 2.24) is 10.5 Å². The van der Waals surface area contributed by atoms with Gasteiger partial charge in [-0.2, -0.15) is 0 Å². The van der Waals surface area contributed by atoms with Gasteiger partial charge in [-0.25, -0.2) is 0 Å². The van der Waals surface area contributed by atoms with Crippen molar-refractivity contribution in [1.29, 1.82) is 0 Å². The number of carbonyl (C=O) groups is 2. The lowest BCUT2D eigenvalue weighted by molar-refractivity contribution is -0.137. The van der Waals surface area contributed by atoms with E-state index in [2.05, 4.69) is 10.5 Å². The summed E-state index contributed by atoms with van der Waals surface area (Å²) < 4.78 is 4.96. The van der Waals surface area contributed by atoms with Crippen molar-refractivity contribution in [3.8, 4) is 0 Å². The third-order valence-corrected chi connectivity index (χ3v) is 3.47. The van der Waals surface area contributed by atoms with Gasteiger partial charge in [-0.15, -0.1) is 0 Å². The van der Waals surface area contributed by atoms with Crippen LogP contribution in [-0.2, 0) is 4.79 Å². The second-order valence-corrected chi connectivity index (χ2v) is 5.31. The Morgan fingerprint density at radius 2 is 1.95 bits per heavy atom. The maximum Gasteiger partial charge on any atom is 0.305 e. The van der Waals surface area contributed by atoms with Gasteiger partial charge in [0.15, 0.2) is 0 Å². The van der Waals surface area contributed by atoms with E-state index >= 15 is 0 Å². The molecular weight excluding hydrogens is 308 g/mol. The third-order valence-electron chi connectivity index (χ3n) is 3.22. The molecule has 0 saturated carbocycles. The number of nitrogens with one attached hydrogen (secondary N) is 1. The van der Waals surface area contributed by atoms with Gasteiger partial charge >= 0.3 is 5.97 Å². The number of nitrogens with zero attached hydrogens (tertiary/aromatic N) is 1. The molecule has 0 aliphatic carbocycles. The van der Waals surface area contributed by atoms with E-state index in [1.807, 2.05) is 0 Å². The Morgan fingerprint density at radius 3 is 2.45 bits per heavy atom. The van der Waals surface area contributed by atoms with Gasteiger partial charge < -0.3 is 14.9 Å². The topological polar surface area (TPSA) is 92.4 Å². The fraction of sp³-hybridized carbons (Fsp3) is 0.267. The predicted octanol–water partition coefficient (Wildman–Crippen LogP) is 2.89. The van der Waals surface area contributed by atoms with Crippen LogP contribution in [0.3, 0.4) is 0 Å². The molecule has 2 rings (SSSR count). The van der Waals surface area contributed by atoms with Gasteiger partial charge in [0.25, 0.3) is 5.91 Å². The summed E-state index contributed by atoms with van der Waals surface area (Å²) in [7, 11) is 0. The minimum Gasteiger partial charge on any atom is -0.481 e. The lowest BCUT2D eigenvalue weighted by Gasteiger charge is -2.17. The van der Waals surface area contributed by atoms with Crippen LogP contribution in [0.15, 0.2) is 28.8 Å². The Hall–Kier alpha value is -2.34. The van der Waals surface area contributed by atoms with E-state index in [9.17, 15) is 9.59 Å². The molecule has 0 aliphatic rings. The lowest BCUT2D eigenvalue weighted by Crippen LogP contribution is -2.30. The van der Waals surface area contributed by atoms with Crippen LogP contribution in [-0.4, -0.2) is 22.1 Å². The summed E-state index contributed by atoms with van der Waals surface area (Å²) in [4.78, 5) is 23.4. The summed E-state index contributed by atoms with van der Waals surface area (Å²) in [6, 6.07) is 5.99. The van der Waals surface area contributed by atoms with E-state index in [1.54, 1.807) is 38.1 Å². The summed E-state index contributed by atoms with van der Waals surface area (Å²) in [6.45, 7) is 3.28. The largest absolute Gasteiger partial charge is 0.481 e. The zero-order chi connectivity index (χ0) is 16.3. The highest BCUT2D eigenvalue weighted by Crippen LogP contribution is 2.21. The summed E-state index contributed by atoms with van der Waals surface area (Å²) in [5, 5.41) is 16.0. The van der Waals surface area contributed by atoms with Crippen molar-refractivity contribution >= 4 is 23.5 Å². The number of amides is 1. The predicted molar refractivity (Wildman–Crippen MR) is 79.9 cm³/mol. The number of carbonyl (C=O) groups excluding carboxylic acids is 1. The summed E-state index contributed by atoms with van der Waals surface area (Å²) in [6.07, 6.45) is -0.239. The van der Waals surface area contributed by atoms with Crippen molar-refractivity contribution in [2.75, 3.05) is 0 Å². The fourth-order valence-corrected chi connectivity index (χ4v) is 2.29. The van der Waals surface area contributed by atoms with Crippen LogP contribution < -0.4 is 5.32 Å². The Morgan fingerprint density at radius 1 is 1.32 bits per heavy atom. The van der Waals surface area contributed by atoms with E-state index in [1.165, 1.54) is 0 Å². The molecule has 1 unspecified atom stereocenters. The quantitative estimate of drug-likeness (QED) is 0.883. The first kappa shape index (κ1) is 16.0. The molecule has 1 amide bonds. The molecule has 0 saturated heterocycles. The number of aliphatic carboxylic acids is 1. The highest BCUT2D eigenvalue weighted by atomic mass is 35.5. The van der Waals surface area contributed by atoms with E-state index in [0.29, 0.717) is 27.6 Å². The van der Waals surface area contributed by atoms with Gasteiger partial charge in [-0.05, 0) is 31.5 Å². The molecule has 7 heteroatoms. The van der Waals surface area contributed by atoms with Crippen LogP contribution in [0.4, 0.5) is 0 Å². The number of carboxylic acid groups (broad SMARTS) is 1. The molecule has 1 heterocycles. The average Bonchev–Trinajstić information content (AvgIpc) is 2.77. The molecule has 0 aliphatic heterocycles. The maximum absolute atomic E-state index is 12.3. The Balaban J connectivity index is 2.25. The normalized spacial score (nSPS) is 12.0. The number of carboxylic acids is 1. The van der Waals surface area contributed by atoms with Crippen molar-refractivity contribution in [3.63, 3.8) is 0 Å². The van der Waals surface area contributed by atoms with Gasteiger partial charge in [-0.3, -0.25) is 9.59 Å². The van der Waals surface area contributed by atoms with Crippen LogP contribution in [0.2, 0.25) is 5.02 Å². The van der Waals surface area contributed by atoms with E-state index in [0.717, 1.165) is 0 Å². The molecule has 6 nitrogen and oxygen atoms in total. The first-order valence-electron chi connectivity index (χ1n) is 6.59. The van der Waals surface area contributed by atoms with Crippen LogP contribution in [0.5, 0.6) is 0 Å². The van der Waals surface area contributed by atoms with Crippen LogP contribution in [0.25, 0.3) is 0 Å². The van der Waals surface area contributed by atoms with E-state index in [-0.39, 0.29) is 6.42 Å². The number of benzene rings is 1. The Bertz CT molecular complexity index is 675. The fourth-order valence-electron chi connectivity index (χ4n) is 2.16. The second-order valence-electron chi connectivity index (χ2n) is 4.87. The number of aromatic nitrogens is 1. The number of hydrogen-bond donors (Lipinski definition) is 2. The molecule has 2 aromatic rings. The lowest BCUT2D eigenvalue weighted by atomic mass is 10.0. The molecular formula is C15H15ClN2O4. The molecule has 116 valence electrons. The maximum atomic E-state index is 12.3. The second kappa shape index (κ2) is 6.62. The molecule has 0 bridgehead atoms. The first-order chi connectivity index (χ1) is 10.4. The van der Waals surface area contributed by atoms with Gasteiger partial charge in [-0.1, -0.05) is 28.9 Å². The molecule has 0 spiro atoms. The molecule has 0 radical (unpaired) electrons. The zero-order valence-corrected chi connectivity index (χ0v) is 12.8. The monoisotopic (exact) mass is 322 g/mol. The number of halogens is 1. The molecule has 0 fully saturated rings. The molecule has 22 heavy (non-hydrogen) atoms. The molecule has 2 N–H and O–H groups in total. The van der Waals surface area contributed by atoms with E-state index in [4.69, 9.17) is 21.2 Å². The van der Waals surface area contributed by atoms with Crippen LogP contribution in [0.1, 0.15) is 39.8 Å². The summed E-state index contributed by atoms with van der Waals surface area (Å²) >= 11 is 5.83. The summed E-state index contributed by atoms with van der Waals surface area (Å²) in [5.41, 5.74) is 1.44. The highest BCUT2D eigenvalue weighted by molar-refractivity contribution is 6.30. The smallest absolute Gasteiger partial charge is 0.305 e. The molecule has 1 aromatic carbocycles. The number of aryl methyl sites for hydroxylation is 2. The molecule has 1 aromatic heterocycles. The van der Waals surface area contributed by atoms with Crippen LogP contribution in [0, 0.1) is 13.8 Å². The van der Waals surface area contributed by atoms with Gasteiger partial charge in [0.05, 0.1) is 18.2 Å².